The molecule has 0 radical (unpaired) electrons. The van der Waals surface area contributed by atoms with E-state index in [1.165, 1.54) is 24.1 Å². The van der Waals surface area contributed by atoms with Crippen LogP contribution in [0, 0.1) is 0 Å². The number of anilines is 1. The number of aliphatic hydroxyl groups is 1. The lowest BCUT2D eigenvalue weighted by Crippen LogP contribution is -2.37. The predicted octanol–water partition coefficient (Wildman–Crippen LogP) is 1.89. The third-order valence-corrected chi connectivity index (χ3v) is 3.87. The van der Waals surface area contributed by atoms with E-state index in [1.54, 1.807) is 19.9 Å². The van der Waals surface area contributed by atoms with E-state index in [1.807, 2.05) is 0 Å². The van der Waals surface area contributed by atoms with E-state index < -0.39 is 26.1 Å². The smallest absolute Gasteiger partial charge is 0.341 e. The minimum Gasteiger partial charge on any atom is -0.389 e. The standard InChI is InChI=1S/C12H17F2NO3S/c1-12(2,16)8-15(3)9-6-4-5-7-10(9)19(17,18)11(13)14/h4-7,11,16H,8H2,1-3H3. The van der Waals surface area contributed by atoms with Gasteiger partial charge in [-0.1, -0.05) is 12.1 Å². The largest absolute Gasteiger partial charge is 0.389 e. The van der Waals surface area contributed by atoms with Gasteiger partial charge in [-0.3, -0.25) is 0 Å². The summed E-state index contributed by atoms with van der Waals surface area (Å²) in [5.41, 5.74) is -0.930. The average molecular weight is 293 g/mol. The maximum absolute atomic E-state index is 12.6. The Morgan fingerprint density at radius 1 is 1.32 bits per heavy atom. The van der Waals surface area contributed by atoms with Crippen LogP contribution in [-0.2, 0) is 9.84 Å². The number of hydrogen-bond donors (Lipinski definition) is 1. The Morgan fingerprint density at radius 2 is 1.84 bits per heavy atom. The van der Waals surface area contributed by atoms with Crippen LogP contribution in [-0.4, -0.2) is 38.5 Å². The van der Waals surface area contributed by atoms with Crippen molar-refractivity contribution in [1.82, 2.24) is 0 Å². The second kappa shape index (κ2) is 5.42. The third kappa shape index (κ3) is 3.87. The number of sulfone groups is 1. The first-order chi connectivity index (χ1) is 8.55. The van der Waals surface area contributed by atoms with Crippen molar-refractivity contribution in [2.24, 2.45) is 0 Å². The molecule has 4 nitrogen and oxygen atoms in total. The van der Waals surface area contributed by atoms with E-state index in [9.17, 15) is 22.3 Å². The summed E-state index contributed by atoms with van der Waals surface area (Å²) < 4.78 is 48.4. The number of alkyl halides is 2. The van der Waals surface area contributed by atoms with Crippen molar-refractivity contribution in [2.45, 2.75) is 30.1 Å². The van der Waals surface area contributed by atoms with Gasteiger partial charge in [-0.25, -0.2) is 8.42 Å². The second-order valence-corrected chi connectivity index (χ2v) is 6.83. The van der Waals surface area contributed by atoms with E-state index in [4.69, 9.17) is 0 Å². The van der Waals surface area contributed by atoms with E-state index in [-0.39, 0.29) is 12.2 Å². The fourth-order valence-corrected chi connectivity index (χ4v) is 2.75. The molecule has 0 unspecified atom stereocenters. The van der Waals surface area contributed by atoms with Gasteiger partial charge in [0.15, 0.2) is 0 Å². The van der Waals surface area contributed by atoms with Crippen molar-refractivity contribution in [3.05, 3.63) is 24.3 Å². The van der Waals surface area contributed by atoms with Gasteiger partial charge in [0.05, 0.1) is 16.2 Å². The van der Waals surface area contributed by atoms with Crippen LogP contribution in [0.2, 0.25) is 0 Å². The Balaban J connectivity index is 3.24. The second-order valence-electron chi connectivity index (χ2n) is 4.94. The first-order valence-corrected chi connectivity index (χ1v) is 7.15. The number of benzene rings is 1. The molecule has 0 spiro atoms. The minimum absolute atomic E-state index is 0.114. The van der Waals surface area contributed by atoms with Gasteiger partial charge in [0, 0.05) is 13.6 Å². The van der Waals surface area contributed by atoms with Crippen LogP contribution in [0.3, 0.4) is 0 Å². The van der Waals surface area contributed by atoms with E-state index in [0.29, 0.717) is 0 Å². The van der Waals surface area contributed by atoms with Crippen LogP contribution in [0.4, 0.5) is 14.5 Å². The van der Waals surface area contributed by atoms with Gasteiger partial charge >= 0.3 is 5.76 Å². The molecule has 0 saturated carbocycles. The highest BCUT2D eigenvalue weighted by atomic mass is 32.2. The normalized spacial score (nSPS) is 12.8. The Hall–Kier alpha value is -1.21. The maximum atomic E-state index is 12.6. The molecule has 0 aromatic heterocycles. The summed E-state index contributed by atoms with van der Waals surface area (Å²) in [6.07, 6.45) is 0. The van der Waals surface area contributed by atoms with Crippen molar-refractivity contribution >= 4 is 15.5 Å². The Labute approximate surface area is 111 Å². The van der Waals surface area contributed by atoms with Crippen molar-refractivity contribution in [1.29, 1.82) is 0 Å². The SMILES string of the molecule is CN(CC(C)(C)O)c1ccccc1S(=O)(=O)C(F)F. The molecule has 0 bridgehead atoms. The van der Waals surface area contributed by atoms with Crippen molar-refractivity contribution in [2.75, 3.05) is 18.5 Å². The van der Waals surface area contributed by atoms with Crippen molar-refractivity contribution < 1.29 is 22.3 Å². The topological polar surface area (TPSA) is 57.6 Å². The summed E-state index contributed by atoms with van der Waals surface area (Å²) in [7, 11) is -3.13. The molecule has 0 heterocycles. The molecule has 19 heavy (non-hydrogen) atoms. The van der Waals surface area contributed by atoms with Crippen LogP contribution < -0.4 is 4.90 Å². The summed E-state index contributed by atoms with van der Waals surface area (Å²) in [4.78, 5) is 1.01. The molecule has 0 atom stereocenters. The molecule has 1 rings (SSSR count). The lowest BCUT2D eigenvalue weighted by atomic mass is 10.1. The molecular formula is C12H17F2NO3S. The van der Waals surface area contributed by atoms with Gasteiger partial charge in [0.2, 0.25) is 9.84 Å². The zero-order valence-electron chi connectivity index (χ0n) is 11.0. The van der Waals surface area contributed by atoms with Gasteiger partial charge < -0.3 is 10.0 Å². The monoisotopic (exact) mass is 293 g/mol. The summed E-state index contributed by atoms with van der Waals surface area (Å²) >= 11 is 0. The van der Waals surface area contributed by atoms with Crippen LogP contribution in [0.5, 0.6) is 0 Å². The number of rotatable bonds is 5. The molecule has 1 aromatic carbocycles. The fourth-order valence-electron chi connectivity index (χ4n) is 1.77. The number of hydrogen-bond acceptors (Lipinski definition) is 4. The minimum atomic E-state index is -4.66. The number of nitrogens with zero attached hydrogens (tertiary/aromatic N) is 1. The van der Waals surface area contributed by atoms with Gasteiger partial charge in [0.1, 0.15) is 0 Å². The van der Waals surface area contributed by atoms with Gasteiger partial charge in [-0.15, -0.1) is 0 Å². The van der Waals surface area contributed by atoms with Gasteiger partial charge in [0.25, 0.3) is 0 Å². The molecule has 0 saturated heterocycles. The summed E-state index contributed by atoms with van der Waals surface area (Å²) in [5, 5.41) is 9.71. The molecule has 1 N–H and O–H groups in total. The lowest BCUT2D eigenvalue weighted by molar-refractivity contribution is 0.0885. The van der Waals surface area contributed by atoms with Crippen molar-refractivity contribution in [3.63, 3.8) is 0 Å². The first kappa shape index (κ1) is 15.8. The van der Waals surface area contributed by atoms with Gasteiger partial charge in [-0.2, -0.15) is 8.78 Å². The quantitative estimate of drug-likeness (QED) is 0.900. The average Bonchev–Trinajstić information content (AvgIpc) is 2.26. The van der Waals surface area contributed by atoms with Crippen LogP contribution in [0.25, 0.3) is 0 Å². The zero-order valence-corrected chi connectivity index (χ0v) is 11.8. The summed E-state index contributed by atoms with van der Waals surface area (Å²) in [5.74, 6) is -3.47. The van der Waals surface area contributed by atoms with Crippen LogP contribution in [0.1, 0.15) is 13.8 Å². The first-order valence-electron chi connectivity index (χ1n) is 5.60. The molecule has 1 aromatic rings. The lowest BCUT2D eigenvalue weighted by Gasteiger charge is -2.28. The highest BCUT2D eigenvalue weighted by Gasteiger charge is 2.30. The Kier molecular flexibility index (Phi) is 4.52. The maximum Gasteiger partial charge on any atom is 0.341 e. The van der Waals surface area contributed by atoms with Crippen LogP contribution >= 0.6 is 0 Å². The molecule has 0 aliphatic rings. The van der Waals surface area contributed by atoms with Crippen molar-refractivity contribution in [3.8, 4) is 0 Å². The Morgan fingerprint density at radius 3 is 2.32 bits per heavy atom. The summed E-state index contributed by atoms with van der Waals surface area (Å²) in [6.45, 7) is 3.21. The highest BCUT2D eigenvalue weighted by molar-refractivity contribution is 7.91. The third-order valence-electron chi connectivity index (χ3n) is 2.44. The number of likely N-dealkylation sites (N-methyl/N-ethyl adjacent to an activating group) is 1. The molecule has 108 valence electrons. The van der Waals surface area contributed by atoms with E-state index in [2.05, 4.69) is 0 Å². The predicted molar refractivity (Wildman–Crippen MR) is 69.2 cm³/mol. The Bertz CT molecular complexity index is 538. The summed E-state index contributed by atoms with van der Waals surface area (Å²) in [6, 6.07) is 5.51. The van der Waals surface area contributed by atoms with Crippen LogP contribution in [0.15, 0.2) is 29.2 Å². The molecule has 0 fully saturated rings. The van der Waals surface area contributed by atoms with E-state index in [0.717, 1.165) is 6.07 Å². The number of para-hydroxylation sites is 1. The highest BCUT2D eigenvalue weighted by Crippen LogP contribution is 2.29. The number of halogens is 2. The molecule has 0 amide bonds. The van der Waals surface area contributed by atoms with Gasteiger partial charge in [-0.05, 0) is 26.0 Å². The molecule has 0 aliphatic heterocycles. The van der Waals surface area contributed by atoms with E-state index >= 15 is 0 Å². The molecular weight excluding hydrogens is 276 g/mol. The molecule has 0 aliphatic carbocycles. The zero-order chi connectivity index (χ0) is 14.8. The molecule has 7 heteroatoms. The fraction of sp³-hybridized carbons (Fsp3) is 0.500.